The fourth-order valence-electron chi connectivity index (χ4n) is 4.69. The van der Waals surface area contributed by atoms with E-state index < -0.39 is 0 Å². The summed E-state index contributed by atoms with van der Waals surface area (Å²) in [6, 6.07) is 15.4. The van der Waals surface area contributed by atoms with Gasteiger partial charge in [0.05, 0.1) is 19.8 Å². The van der Waals surface area contributed by atoms with Crippen molar-refractivity contribution in [3.63, 3.8) is 0 Å². The van der Waals surface area contributed by atoms with E-state index >= 15 is 0 Å². The molecule has 2 aromatic carbocycles. The maximum Gasteiger partial charge on any atom is 0.254 e. The van der Waals surface area contributed by atoms with Gasteiger partial charge < -0.3 is 19.5 Å². The van der Waals surface area contributed by atoms with Crippen LogP contribution >= 0.6 is 0 Å². The molecule has 1 saturated heterocycles. The van der Waals surface area contributed by atoms with Crippen molar-refractivity contribution in [1.29, 1.82) is 0 Å². The third-order valence-corrected chi connectivity index (χ3v) is 6.32. The highest BCUT2D eigenvalue weighted by Gasteiger charge is 2.31. The molecule has 4 rings (SSSR count). The summed E-state index contributed by atoms with van der Waals surface area (Å²) in [6.45, 7) is 3.64. The average Bonchev–Trinajstić information content (AvgIpc) is 3.34. The second-order valence-corrected chi connectivity index (χ2v) is 8.50. The van der Waals surface area contributed by atoms with Crippen molar-refractivity contribution >= 4 is 5.91 Å². The van der Waals surface area contributed by atoms with E-state index in [1.54, 1.807) is 13.2 Å². The van der Waals surface area contributed by atoms with Gasteiger partial charge in [-0.15, -0.1) is 0 Å². The van der Waals surface area contributed by atoms with E-state index in [1.165, 1.54) is 12.8 Å². The number of benzene rings is 2. The van der Waals surface area contributed by atoms with Crippen LogP contribution in [0, 0.1) is 0 Å². The van der Waals surface area contributed by atoms with Crippen molar-refractivity contribution in [2.75, 3.05) is 33.4 Å². The minimum Gasteiger partial charge on any atom is -0.504 e. The third kappa shape index (κ3) is 5.38. The number of hydrogen-bond acceptors (Lipinski definition) is 5. The van der Waals surface area contributed by atoms with Crippen LogP contribution in [0.3, 0.4) is 0 Å². The van der Waals surface area contributed by atoms with Crippen molar-refractivity contribution in [2.24, 2.45) is 0 Å². The quantitative estimate of drug-likeness (QED) is 0.735. The Morgan fingerprint density at radius 3 is 2.71 bits per heavy atom. The summed E-state index contributed by atoms with van der Waals surface area (Å²) in [6.07, 6.45) is 4.50. The van der Waals surface area contributed by atoms with Gasteiger partial charge >= 0.3 is 0 Å². The van der Waals surface area contributed by atoms with Crippen LogP contribution in [-0.4, -0.2) is 66.3 Å². The SMILES string of the molecule is COc1cc(CN2CCOC(CN(C(=O)c3ccccc3)C3CCCC3)C2)ccc1O. The molecule has 1 amide bonds. The van der Waals surface area contributed by atoms with Crippen molar-refractivity contribution in [3.8, 4) is 11.5 Å². The van der Waals surface area contributed by atoms with Crippen molar-refractivity contribution in [1.82, 2.24) is 9.80 Å². The highest BCUT2D eigenvalue weighted by molar-refractivity contribution is 5.94. The molecular weight excluding hydrogens is 392 g/mol. The number of aromatic hydroxyl groups is 1. The highest BCUT2D eigenvalue weighted by Crippen LogP contribution is 2.28. The monoisotopic (exact) mass is 424 g/mol. The van der Waals surface area contributed by atoms with Crippen LogP contribution < -0.4 is 4.74 Å². The smallest absolute Gasteiger partial charge is 0.254 e. The Hall–Kier alpha value is -2.57. The van der Waals surface area contributed by atoms with Gasteiger partial charge in [0.25, 0.3) is 5.91 Å². The number of phenolic OH excluding ortho intramolecular Hbond substituents is 1. The Labute approximate surface area is 184 Å². The van der Waals surface area contributed by atoms with Crippen molar-refractivity contribution in [3.05, 3.63) is 59.7 Å². The maximum absolute atomic E-state index is 13.3. The minimum atomic E-state index is -0.0129. The number of amides is 1. The third-order valence-electron chi connectivity index (χ3n) is 6.32. The van der Waals surface area contributed by atoms with Crippen molar-refractivity contribution < 1.29 is 19.4 Å². The summed E-state index contributed by atoms with van der Waals surface area (Å²) < 4.78 is 11.3. The van der Waals surface area contributed by atoms with Gasteiger partial charge in [-0.2, -0.15) is 0 Å². The molecule has 166 valence electrons. The zero-order valence-corrected chi connectivity index (χ0v) is 18.2. The first-order valence-corrected chi connectivity index (χ1v) is 11.2. The molecule has 2 aliphatic rings. The van der Waals surface area contributed by atoms with E-state index in [9.17, 15) is 9.90 Å². The maximum atomic E-state index is 13.3. The molecule has 31 heavy (non-hydrogen) atoms. The lowest BCUT2D eigenvalue weighted by atomic mass is 10.1. The standard InChI is InChI=1S/C25H32N2O4/c1-30-24-15-19(11-12-23(24)28)16-26-13-14-31-22(17-26)18-27(21-9-5-6-10-21)25(29)20-7-3-2-4-8-20/h2-4,7-8,11-12,15,21-22,28H,5-6,9-10,13-14,16-18H2,1H3. The van der Waals surface area contributed by atoms with E-state index in [2.05, 4.69) is 9.80 Å². The molecule has 0 radical (unpaired) electrons. The van der Waals surface area contributed by atoms with Gasteiger partial charge in [0.1, 0.15) is 0 Å². The van der Waals surface area contributed by atoms with Crippen molar-refractivity contribution in [2.45, 2.75) is 44.4 Å². The topological polar surface area (TPSA) is 62.2 Å². The zero-order chi connectivity index (χ0) is 21.6. The molecule has 0 spiro atoms. The van der Waals surface area contributed by atoms with E-state index in [1.807, 2.05) is 42.5 Å². The van der Waals surface area contributed by atoms with Crippen LogP contribution in [0.1, 0.15) is 41.6 Å². The van der Waals surface area contributed by atoms with Gasteiger partial charge in [-0.3, -0.25) is 9.69 Å². The molecule has 1 saturated carbocycles. The lowest BCUT2D eigenvalue weighted by molar-refractivity contribution is -0.0468. The van der Waals surface area contributed by atoms with E-state index in [0.29, 0.717) is 24.9 Å². The van der Waals surface area contributed by atoms with Crippen LogP contribution in [0.5, 0.6) is 11.5 Å². The molecule has 6 nitrogen and oxygen atoms in total. The molecule has 1 N–H and O–H groups in total. The Morgan fingerprint density at radius 1 is 1.19 bits per heavy atom. The van der Waals surface area contributed by atoms with E-state index in [0.717, 1.165) is 43.6 Å². The fraction of sp³-hybridized carbons (Fsp3) is 0.480. The molecule has 2 fully saturated rings. The Bertz CT molecular complexity index is 867. The Morgan fingerprint density at radius 2 is 1.97 bits per heavy atom. The first kappa shape index (κ1) is 21.7. The fourth-order valence-corrected chi connectivity index (χ4v) is 4.69. The summed E-state index contributed by atoms with van der Waals surface area (Å²) in [5, 5.41) is 9.84. The van der Waals surface area contributed by atoms with Crippen LogP contribution in [-0.2, 0) is 11.3 Å². The van der Waals surface area contributed by atoms with Crippen LogP contribution in [0.2, 0.25) is 0 Å². The average molecular weight is 425 g/mol. The molecule has 0 bridgehead atoms. The van der Waals surface area contributed by atoms with Gasteiger partial charge in [-0.05, 0) is 42.7 Å². The molecular formula is C25H32N2O4. The summed E-state index contributed by atoms with van der Waals surface area (Å²) in [5.74, 6) is 0.748. The lowest BCUT2D eigenvalue weighted by Gasteiger charge is -2.38. The first-order valence-electron chi connectivity index (χ1n) is 11.2. The largest absolute Gasteiger partial charge is 0.504 e. The molecule has 1 aliphatic heterocycles. The number of methoxy groups -OCH3 is 1. The second kappa shape index (κ2) is 10.2. The summed E-state index contributed by atoms with van der Waals surface area (Å²) in [4.78, 5) is 17.7. The molecule has 0 aromatic heterocycles. The molecule has 1 atom stereocenters. The highest BCUT2D eigenvalue weighted by atomic mass is 16.5. The summed E-state index contributed by atoms with van der Waals surface area (Å²) in [7, 11) is 1.56. The van der Waals surface area contributed by atoms with Gasteiger partial charge in [0, 0.05) is 37.8 Å². The zero-order valence-electron chi connectivity index (χ0n) is 18.2. The second-order valence-electron chi connectivity index (χ2n) is 8.50. The van der Waals surface area contributed by atoms with Gasteiger partial charge in [-0.1, -0.05) is 37.1 Å². The molecule has 2 aromatic rings. The lowest BCUT2D eigenvalue weighted by Crippen LogP contribution is -2.50. The summed E-state index contributed by atoms with van der Waals surface area (Å²) >= 11 is 0. The normalized spacial score (nSPS) is 20.0. The molecule has 1 heterocycles. The number of morpholine rings is 1. The minimum absolute atomic E-state index is 0.0129. The number of phenols is 1. The predicted octanol–water partition coefficient (Wildman–Crippen LogP) is 3.69. The van der Waals surface area contributed by atoms with E-state index in [4.69, 9.17) is 9.47 Å². The van der Waals surface area contributed by atoms with Crippen LogP contribution in [0.15, 0.2) is 48.5 Å². The van der Waals surface area contributed by atoms with Crippen LogP contribution in [0.4, 0.5) is 0 Å². The number of carbonyl (C=O) groups excluding carboxylic acids is 1. The Balaban J connectivity index is 1.43. The molecule has 1 aliphatic carbocycles. The van der Waals surface area contributed by atoms with Crippen LogP contribution in [0.25, 0.3) is 0 Å². The Kier molecular flexibility index (Phi) is 7.10. The van der Waals surface area contributed by atoms with E-state index in [-0.39, 0.29) is 17.8 Å². The van der Waals surface area contributed by atoms with Gasteiger partial charge in [0.2, 0.25) is 0 Å². The molecule has 1 unspecified atom stereocenters. The van der Waals surface area contributed by atoms with Gasteiger partial charge in [-0.25, -0.2) is 0 Å². The number of rotatable bonds is 7. The number of ether oxygens (including phenoxy) is 2. The number of hydrogen-bond donors (Lipinski definition) is 1. The molecule has 6 heteroatoms. The van der Waals surface area contributed by atoms with Gasteiger partial charge in [0.15, 0.2) is 11.5 Å². The number of carbonyl (C=O) groups is 1. The summed E-state index contributed by atoms with van der Waals surface area (Å²) in [5.41, 5.74) is 1.83. The first-order chi connectivity index (χ1) is 15.1. The predicted molar refractivity (Wildman–Crippen MR) is 119 cm³/mol. The number of nitrogens with zero attached hydrogens (tertiary/aromatic N) is 2.